The van der Waals surface area contributed by atoms with E-state index in [2.05, 4.69) is 130 Å². The van der Waals surface area contributed by atoms with Crippen molar-refractivity contribution in [2.75, 3.05) is 13.2 Å². The van der Waals surface area contributed by atoms with Gasteiger partial charge in [-0.1, -0.05) is 245 Å². The predicted octanol–water partition coefficient (Wildman–Crippen LogP) is 19.6. The summed E-state index contributed by atoms with van der Waals surface area (Å²) in [5, 5.41) is 0. The second-order valence-corrected chi connectivity index (χ2v) is 18.8. The number of carbonyl (C=O) groups is 3. The quantitative estimate of drug-likeness (QED) is 0.0261. The first-order valence-corrected chi connectivity index (χ1v) is 29.0. The molecule has 0 aromatic carbocycles. The lowest BCUT2D eigenvalue weighted by atomic mass is 10.1. The lowest BCUT2D eigenvalue weighted by Gasteiger charge is -2.18. The summed E-state index contributed by atoms with van der Waals surface area (Å²) in [7, 11) is 0. The molecular formula is C65H106O6. The van der Waals surface area contributed by atoms with Crippen molar-refractivity contribution in [3.05, 3.63) is 122 Å². The molecule has 1 unspecified atom stereocenters. The van der Waals surface area contributed by atoms with E-state index >= 15 is 0 Å². The van der Waals surface area contributed by atoms with Crippen molar-refractivity contribution in [2.45, 2.75) is 258 Å². The van der Waals surface area contributed by atoms with Crippen molar-refractivity contribution in [1.82, 2.24) is 0 Å². The van der Waals surface area contributed by atoms with Crippen molar-refractivity contribution in [1.29, 1.82) is 0 Å². The summed E-state index contributed by atoms with van der Waals surface area (Å²) in [4.78, 5) is 38.1. The zero-order valence-corrected chi connectivity index (χ0v) is 45.9. The molecule has 0 radical (unpaired) electrons. The minimum atomic E-state index is -0.829. The Bertz CT molecular complexity index is 1500. The Morgan fingerprint density at radius 3 is 0.986 bits per heavy atom. The van der Waals surface area contributed by atoms with Gasteiger partial charge in [0.05, 0.1) is 6.42 Å². The van der Waals surface area contributed by atoms with Gasteiger partial charge in [-0.05, 0) is 109 Å². The number of hydrogen-bond donors (Lipinski definition) is 0. The number of ether oxygens (including phenoxy) is 3. The zero-order valence-electron chi connectivity index (χ0n) is 45.9. The molecule has 0 rings (SSSR count). The maximum Gasteiger partial charge on any atom is 0.309 e. The molecule has 6 heteroatoms. The third-order valence-electron chi connectivity index (χ3n) is 12.0. The van der Waals surface area contributed by atoms with Crippen molar-refractivity contribution in [3.63, 3.8) is 0 Å². The Kier molecular flexibility index (Phi) is 54.9. The Balaban J connectivity index is 4.49. The molecule has 6 nitrogen and oxygen atoms in total. The number of carbonyl (C=O) groups excluding carboxylic acids is 3. The maximum atomic E-state index is 12.9. The van der Waals surface area contributed by atoms with Crippen LogP contribution in [0.25, 0.3) is 0 Å². The van der Waals surface area contributed by atoms with Crippen LogP contribution >= 0.6 is 0 Å². The number of allylic oxidation sites excluding steroid dienone is 19. The molecule has 0 aromatic rings. The van der Waals surface area contributed by atoms with Crippen molar-refractivity contribution < 1.29 is 28.6 Å². The minimum absolute atomic E-state index is 0.117. The van der Waals surface area contributed by atoms with Gasteiger partial charge >= 0.3 is 17.9 Å². The SMILES string of the molecule is CC/C=C\C/C=C\C/C=C\C/C=C\C/C=C\CC(=O)OCC(COC(=O)CCCCCCCCCCC/C=C\C/C=C\CCCCCCC)OC(=O)CCCCCCCCC/C=C\C/C=C\C/C=C\CC. The van der Waals surface area contributed by atoms with E-state index in [9.17, 15) is 14.4 Å². The largest absolute Gasteiger partial charge is 0.462 e. The average molecular weight is 984 g/mol. The molecule has 0 fully saturated rings. The van der Waals surface area contributed by atoms with Gasteiger partial charge in [0.25, 0.3) is 0 Å². The Morgan fingerprint density at radius 1 is 0.310 bits per heavy atom. The van der Waals surface area contributed by atoms with Crippen molar-refractivity contribution >= 4 is 17.9 Å². The molecule has 0 bridgehead atoms. The minimum Gasteiger partial charge on any atom is -0.462 e. The second-order valence-electron chi connectivity index (χ2n) is 18.8. The van der Waals surface area contributed by atoms with Gasteiger partial charge in [0, 0.05) is 12.8 Å². The Labute approximate surface area is 437 Å². The lowest BCUT2D eigenvalue weighted by molar-refractivity contribution is -0.166. The van der Waals surface area contributed by atoms with E-state index < -0.39 is 12.1 Å². The molecule has 0 amide bonds. The standard InChI is InChI=1S/C65H106O6/c1-4-7-10-13-16-19-22-25-28-30-31-32-33-35-37-40-43-46-49-52-55-58-64(67)70-61-62(60-69-63(66)57-54-51-48-45-42-39-36-27-24-21-18-15-12-9-6-3)71-65(68)59-56-53-50-47-44-41-38-34-29-26-23-20-17-14-11-8-5-2/h8-9,11-12,17-18,20-22,25-27,29-31,36,42,45,51,54,62H,4-7,10,13-16,19,23-24,28,32-35,37-41,43-44,46-50,52-53,55-61H2,1-3H3/b11-8-,12-9-,20-17-,21-18-,25-22-,29-26-,31-30-,36-27-,45-42-,54-51-. The van der Waals surface area contributed by atoms with Gasteiger partial charge < -0.3 is 14.2 Å². The first kappa shape index (κ1) is 66.8. The van der Waals surface area contributed by atoms with E-state index in [1.807, 2.05) is 6.08 Å². The van der Waals surface area contributed by atoms with Gasteiger partial charge in [-0.25, -0.2) is 0 Å². The third kappa shape index (κ3) is 56.6. The van der Waals surface area contributed by atoms with Crippen LogP contribution in [0.5, 0.6) is 0 Å². The molecule has 1 atom stereocenters. The van der Waals surface area contributed by atoms with Crippen molar-refractivity contribution in [3.8, 4) is 0 Å². The molecule has 0 saturated carbocycles. The molecule has 0 saturated heterocycles. The molecule has 0 aliphatic heterocycles. The van der Waals surface area contributed by atoms with E-state index in [4.69, 9.17) is 14.2 Å². The number of hydrogen-bond acceptors (Lipinski definition) is 6. The number of rotatable bonds is 51. The van der Waals surface area contributed by atoms with Gasteiger partial charge in [-0.2, -0.15) is 0 Å². The van der Waals surface area contributed by atoms with Crippen molar-refractivity contribution in [2.24, 2.45) is 0 Å². The molecule has 0 spiro atoms. The summed E-state index contributed by atoms with van der Waals surface area (Å²) < 4.78 is 16.8. The third-order valence-corrected chi connectivity index (χ3v) is 12.0. The fraction of sp³-hybridized carbons (Fsp3) is 0.646. The highest BCUT2D eigenvalue weighted by Gasteiger charge is 2.19. The molecule has 0 N–H and O–H groups in total. The average Bonchev–Trinajstić information content (AvgIpc) is 3.37. The van der Waals surface area contributed by atoms with Crippen LogP contribution in [0.1, 0.15) is 252 Å². The highest BCUT2D eigenvalue weighted by Crippen LogP contribution is 2.14. The number of esters is 3. The summed E-state index contributed by atoms with van der Waals surface area (Å²) in [6, 6.07) is 0. The first-order chi connectivity index (χ1) is 35.0. The van der Waals surface area contributed by atoms with Gasteiger partial charge in [-0.3, -0.25) is 14.4 Å². The fourth-order valence-corrected chi connectivity index (χ4v) is 7.68. The van der Waals surface area contributed by atoms with Gasteiger partial charge in [0.1, 0.15) is 13.2 Å². The van der Waals surface area contributed by atoms with E-state index in [1.165, 1.54) is 103 Å². The molecular weight excluding hydrogens is 877 g/mol. The van der Waals surface area contributed by atoms with Crippen LogP contribution in [0.3, 0.4) is 0 Å². The van der Waals surface area contributed by atoms with Crippen LogP contribution in [-0.2, 0) is 28.6 Å². The van der Waals surface area contributed by atoms with Crippen LogP contribution in [0.2, 0.25) is 0 Å². The lowest BCUT2D eigenvalue weighted by Crippen LogP contribution is -2.30. The molecule has 0 aliphatic rings. The van der Waals surface area contributed by atoms with Gasteiger partial charge in [0.2, 0.25) is 0 Å². The van der Waals surface area contributed by atoms with E-state index in [1.54, 1.807) is 6.08 Å². The van der Waals surface area contributed by atoms with Crippen LogP contribution in [0, 0.1) is 0 Å². The van der Waals surface area contributed by atoms with E-state index in [0.29, 0.717) is 12.8 Å². The zero-order chi connectivity index (χ0) is 51.4. The van der Waals surface area contributed by atoms with Crippen LogP contribution in [-0.4, -0.2) is 37.2 Å². The first-order valence-electron chi connectivity index (χ1n) is 29.0. The Hall–Kier alpha value is -4.19. The highest BCUT2D eigenvalue weighted by molar-refractivity contribution is 5.72. The van der Waals surface area contributed by atoms with Gasteiger partial charge in [0.15, 0.2) is 6.10 Å². The van der Waals surface area contributed by atoms with Crippen LogP contribution in [0.4, 0.5) is 0 Å². The molecule has 0 aliphatic carbocycles. The summed E-state index contributed by atoms with van der Waals surface area (Å²) in [5.74, 6) is -1.07. The van der Waals surface area contributed by atoms with Crippen LogP contribution in [0.15, 0.2) is 122 Å². The topological polar surface area (TPSA) is 78.9 Å². The van der Waals surface area contributed by atoms with E-state index in [0.717, 1.165) is 109 Å². The maximum absolute atomic E-state index is 12.9. The summed E-state index contributed by atoms with van der Waals surface area (Å²) in [6.45, 7) is 6.31. The van der Waals surface area contributed by atoms with Gasteiger partial charge in [-0.15, -0.1) is 0 Å². The molecule has 0 heterocycles. The molecule has 71 heavy (non-hydrogen) atoms. The molecule has 0 aromatic heterocycles. The Morgan fingerprint density at radius 2 is 0.606 bits per heavy atom. The highest BCUT2D eigenvalue weighted by atomic mass is 16.6. The van der Waals surface area contributed by atoms with Crippen LogP contribution < -0.4 is 0 Å². The fourth-order valence-electron chi connectivity index (χ4n) is 7.68. The molecule has 402 valence electrons. The smallest absolute Gasteiger partial charge is 0.309 e. The summed E-state index contributed by atoms with van der Waals surface area (Å²) >= 11 is 0. The summed E-state index contributed by atoms with van der Waals surface area (Å²) in [5.41, 5.74) is 0. The second kappa shape index (κ2) is 58.4. The monoisotopic (exact) mass is 983 g/mol. The number of unbranched alkanes of at least 4 members (excludes halogenated alkanes) is 21. The normalized spacial score (nSPS) is 13.0. The summed E-state index contributed by atoms with van der Waals surface area (Å²) in [6.07, 6.45) is 80.7. The predicted molar refractivity (Wildman–Crippen MR) is 306 cm³/mol. The van der Waals surface area contributed by atoms with E-state index in [-0.39, 0.29) is 31.6 Å².